The van der Waals surface area contributed by atoms with E-state index in [0.29, 0.717) is 17.0 Å². The second kappa shape index (κ2) is 4.23. The SMILES string of the molecule is CCOC(=O)c1cc(C)sc1C(=N)N. The number of carbonyl (C=O) groups excluding carboxylic acids is 1. The Balaban J connectivity index is 3.06. The molecule has 0 aliphatic carbocycles. The number of thiophene rings is 1. The molecule has 1 rings (SSSR count). The van der Waals surface area contributed by atoms with Crippen molar-refractivity contribution >= 4 is 23.1 Å². The van der Waals surface area contributed by atoms with Gasteiger partial charge in [-0.3, -0.25) is 5.41 Å². The highest BCUT2D eigenvalue weighted by Gasteiger charge is 2.17. The fourth-order valence-electron chi connectivity index (χ4n) is 1.07. The summed E-state index contributed by atoms with van der Waals surface area (Å²) in [4.78, 5) is 12.8. The fourth-order valence-corrected chi connectivity index (χ4v) is 1.94. The van der Waals surface area contributed by atoms with Gasteiger partial charge in [0.25, 0.3) is 0 Å². The Morgan fingerprint density at radius 3 is 2.86 bits per heavy atom. The maximum absolute atomic E-state index is 11.4. The summed E-state index contributed by atoms with van der Waals surface area (Å²) in [5.41, 5.74) is 5.74. The molecule has 1 heterocycles. The zero-order chi connectivity index (χ0) is 10.7. The largest absolute Gasteiger partial charge is 0.462 e. The molecule has 1 aromatic heterocycles. The van der Waals surface area contributed by atoms with Crippen molar-refractivity contribution in [3.05, 3.63) is 21.4 Å². The van der Waals surface area contributed by atoms with Crippen LogP contribution >= 0.6 is 11.3 Å². The molecule has 3 N–H and O–H groups in total. The van der Waals surface area contributed by atoms with E-state index in [1.807, 2.05) is 6.92 Å². The van der Waals surface area contributed by atoms with Gasteiger partial charge in [-0.05, 0) is 19.9 Å². The van der Waals surface area contributed by atoms with Crippen molar-refractivity contribution in [3.8, 4) is 0 Å². The molecule has 4 nitrogen and oxygen atoms in total. The zero-order valence-electron chi connectivity index (χ0n) is 8.09. The number of ether oxygens (including phenoxy) is 1. The summed E-state index contributed by atoms with van der Waals surface area (Å²) >= 11 is 1.33. The number of hydrogen-bond acceptors (Lipinski definition) is 4. The molecule has 76 valence electrons. The second-order valence-corrected chi connectivity index (χ2v) is 3.99. The molecule has 0 spiro atoms. The smallest absolute Gasteiger partial charge is 0.339 e. The third-order valence-corrected chi connectivity index (χ3v) is 2.68. The van der Waals surface area contributed by atoms with Gasteiger partial charge in [-0.25, -0.2) is 4.79 Å². The van der Waals surface area contributed by atoms with Gasteiger partial charge < -0.3 is 10.5 Å². The molecule has 0 aromatic carbocycles. The minimum absolute atomic E-state index is 0.0915. The number of hydrogen-bond donors (Lipinski definition) is 2. The summed E-state index contributed by atoms with van der Waals surface area (Å²) in [6, 6.07) is 1.69. The summed E-state index contributed by atoms with van der Waals surface area (Å²) in [7, 11) is 0. The summed E-state index contributed by atoms with van der Waals surface area (Å²) in [6.45, 7) is 3.93. The lowest BCUT2D eigenvalue weighted by molar-refractivity contribution is 0.0526. The van der Waals surface area contributed by atoms with Gasteiger partial charge in [-0.1, -0.05) is 0 Å². The summed E-state index contributed by atoms with van der Waals surface area (Å²) < 4.78 is 4.85. The van der Waals surface area contributed by atoms with Crippen LogP contribution in [0.15, 0.2) is 6.07 Å². The van der Waals surface area contributed by atoms with Gasteiger partial charge in [0.15, 0.2) is 0 Å². The van der Waals surface area contributed by atoms with Crippen LogP contribution in [0.25, 0.3) is 0 Å². The van der Waals surface area contributed by atoms with Crippen LogP contribution in [0.1, 0.15) is 27.0 Å². The molecule has 0 amide bonds. The first-order valence-electron chi connectivity index (χ1n) is 4.18. The van der Waals surface area contributed by atoms with E-state index in [4.69, 9.17) is 15.9 Å². The average molecular weight is 212 g/mol. The van der Waals surface area contributed by atoms with E-state index in [2.05, 4.69) is 0 Å². The first-order valence-corrected chi connectivity index (χ1v) is 4.99. The molecule has 1 aromatic rings. The summed E-state index contributed by atoms with van der Waals surface area (Å²) in [5.74, 6) is -0.506. The van der Waals surface area contributed by atoms with Crippen molar-refractivity contribution in [1.29, 1.82) is 5.41 Å². The maximum Gasteiger partial charge on any atom is 0.339 e. The zero-order valence-corrected chi connectivity index (χ0v) is 8.90. The van der Waals surface area contributed by atoms with Crippen LogP contribution in [-0.2, 0) is 4.74 Å². The van der Waals surface area contributed by atoms with Gasteiger partial charge in [-0.2, -0.15) is 0 Å². The first kappa shape index (κ1) is 10.7. The maximum atomic E-state index is 11.4. The van der Waals surface area contributed by atoms with Crippen LogP contribution < -0.4 is 5.73 Å². The Morgan fingerprint density at radius 2 is 2.36 bits per heavy atom. The number of nitrogen functional groups attached to an aromatic ring is 1. The van der Waals surface area contributed by atoms with Gasteiger partial charge >= 0.3 is 5.97 Å². The van der Waals surface area contributed by atoms with E-state index < -0.39 is 5.97 Å². The molecule has 0 saturated heterocycles. The van der Waals surface area contributed by atoms with Crippen LogP contribution in [0.3, 0.4) is 0 Å². The van der Waals surface area contributed by atoms with Crippen molar-refractivity contribution in [2.45, 2.75) is 13.8 Å². The topological polar surface area (TPSA) is 76.2 Å². The molecule has 0 aliphatic heterocycles. The summed E-state index contributed by atoms with van der Waals surface area (Å²) in [5, 5.41) is 7.30. The molecule has 0 fully saturated rings. The van der Waals surface area contributed by atoms with E-state index in [1.54, 1.807) is 13.0 Å². The van der Waals surface area contributed by atoms with E-state index >= 15 is 0 Å². The van der Waals surface area contributed by atoms with Crippen LogP contribution in [0, 0.1) is 12.3 Å². The molecule has 0 aliphatic rings. The van der Waals surface area contributed by atoms with E-state index in [-0.39, 0.29) is 5.84 Å². The van der Waals surface area contributed by atoms with Crippen molar-refractivity contribution in [2.24, 2.45) is 5.73 Å². The number of nitrogens with one attached hydrogen (secondary N) is 1. The minimum Gasteiger partial charge on any atom is -0.462 e. The average Bonchev–Trinajstić information content (AvgIpc) is 2.48. The first-order chi connectivity index (χ1) is 6.56. The van der Waals surface area contributed by atoms with E-state index in [1.165, 1.54) is 11.3 Å². The van der Waals surface area contributed by atoms with Crippen LogP contribution in [0.2, 0.25) is 0 Å². The number of amidine groups is 1. The lowest BCUT2D eigenvalue weighted by Gasteiger charge is -2.01. The molecule has 0 saturated carbocycles. The van der Waals surface area contributed by atoms with Crippen LogP contribution in [0.5, 0.6) is 0 Å². The lowest BCUT2D eigenvalue weighted by Crippen LogP contribution is -2.14. The third-order valence-electron chi connectivity index (χ3n) is 1.60. The van der Waals surface area contributed by atoms with Gasteiger partial charge in [0.1, 0.15) is 5.84 Å². The Morgan fingerprint density at radius 1 is 1.71 bits per heavy atom. The van der Waals surface area contributed by atoms with Gasteiger partial charge in [0.05, 0.1) is 17.0 Å². The highest BCUT2D eigenvalue weighted by molar-refractivity contribution is 7.14. The number of rotatable bonds is 3. The second-order valence-electron chi connectivity index (χ2n) is 2.73. The minimum atomic E-state index is -0.415. The van der Waals surface area contributed by atoms with Crippen molar-refractivity contribution in [1.82, 2.24) is 0 Å². The number of aryl methyl sites for hydroxylation is 1. The lowest BCUT2D eigenvalue weighted by atomic mass is 10.2. The van der Waals surface area contributed by atoms with Crippen LogP contribution in [-0.4, -0.2) is 18.4 Å². The highest BCUT2D eigenvalue weighted by atomic mass is 32.1. The van der Waals surface area contributed by atoms with Crippen LogP contribution in [0.4, 0.5) is 0 Å². The number of nitrogens with two attached hydrogens (primary N) is 1. The molecular weight excluding hydrogens is 200 g/mol. The molecule has 0 atom stereocenters. The third kappa shape index (κ3) is 2.11. The predicted octanol–water partition coefficient (Wildman–Crippen LogP) is 1.52. The predicted molar refractivity (Wildman–Crippen MR) is 56.0 cm³/mol. The Bertz CT molecular complexity index is 371. The quantitative estimate of drug-likeness (QED) is 0.453. The van der Waals surface area contributed by atoms with Gasteiger partial charge in [0.2, 0.25) is 0 Å². The Hall–Kier alpha value is -1.36. The molecular formula is C9H12N2O2S. The molecule has 0 radical (unpaired) electrons. The molecule has 0 bridgehead atoms. The monoisotopic (exact) mass is 212 g/mol. The standard InChI is InChI=1S/C9H12N2O2S/c1-3-13-9(12)6-4-5(2)14-7(6)8(10)11/h4H,3H2,1-2H3,(H3,10,11). The van der Waals surface area contributed by atoms with Gasteiger partial charge in [0, 0.05) is 4.88 Å². The van der Waals surface area contributed by atoms with E-state index in [9.17, 15) is 4.79 Å². The number of carbonyl (C=O) groups is 1. The molecule has 5 heteroatoms. The van der Waals surface area contributed by atoms with Crippen molar-refractivity contribution in [2.75, 3.05) is 6.61 Å². The number of esters is 1. The molecule has 0 unspecified atom stereocenters. The van der Waals surface area contributed by atoms with Gasteiger partial charge in [-0.15, -0.1) is 11.3 Å². The highest BCUT2D eigenvalue weighted by Crippen LogP contribution is 2.21. The Kier molecular flexibility index (Phi) is 3.24. The van der Waals surface area contributed by atoms with Crippen molar-refractivity contribution in [3.63, 3.8) is 0 Å². The normalized spacial score (nSPS) is 9.86. The summed E-state index contributed by atoms with van der Waals surface area (Å²) in [6.07, 6.45) is 0. The van der Waals surface area contributed by atoms with Crippen molar-refractivity contribution < 1.29 is 9.53 Å². The van der Waals surface area contributed by atoms with E-state index in [0.717, 1.165) is 4.88 Å². The fraction of sp³-hybridized carbons (Fsp3) is 0.333. The Labute approximate surface area is 86.2 Å². The molecule has 14 heavy (non-hydrogen) atoms.